The van der Waals surface area contributed by atoms with E-state index in [1.54, 1.807) is 6.08 Å². The van der Waals surface area contributed by atoms with Gasteiger partial charge in [0.1, 0.15) is 6.10 Å². The van der Waals surface area contributed by atoms with Gasteiger partial charge < -0.3 is 14.6 Å². The van der Waals surface area contributed by atoms with Crippen molar-refractivity contribution < 1.29 is 19.4 Å². The number of hydrogen-bond donors (Lipinski definition) is 1. The molecule has 1 rings (SSSR count). The van der Waals surface area contributed by atoms with Crippen LogP contribution in [0.5, 0.6) is 0 Å². The summed E-state index contributed by atoms with van der Waals surface area (Å²) in [6.45, 7) is 0. The van der Waals surface area contributed by atoms with Crippen LogP contribution < -0.4 is 0 Å². The van der Waals surface area contributed by atoms with Gasteiger partial charge in [-0.1, -0.05) is 49.8 Å². The van der Waals surface area contributed by atoms with Gasteiger partial charge in [-0.2, -0.15) is 0 Å². The number of rotatable bonds is 12. The van der Waals surface area contributed by atoms with Crippen LogP contribution in [-0.2, 0) is 14.3 Å². The fraction of sp³-hybridized carbons (Fsp3) is 0.632. The van der Waals surface area contributed by atoms with Crippen molar-refractivity contribution in [3.63, 3.8) is 0 Å². The molecule has 1 fully saturated rings. The van der Waals surface area contributed by atoms with E-state index in [1.807, 2.05) is 18.2 Å². The van der Waals surface area contributed by atoms with E-state index < -0.39 is 6.10 Å². The molecular formula is C19H27BrO4. The molecule has 24 heavy (non-hydrogen) atoms. The van der Waals surface area contributed by atoms with Gasteiger partial charge in [0.2, 0.25) is 0 Å². The maximum atomic E-state index is 10.9. The van der Waals surface area contributed by atoms with Crippen LogP contribution in [0.15, 0.2) is 24.3 Å². The third kappa shape index (κ3) is 10.6. The van der Waals surface area contributed by atoms with Gasteiger partial charge in [0.05, 0.1) is 19.3 Å². The Morgan fingerprint density at radius 3 is 2.83 bits per heavy atom. The van der Waals surface area contributed by atoms with E-state index >= 15 is 0 Å². The maximum Gasteiger partial charge on any atom is 0.305 e. The van der Waals surface area contributed by atoms with Crippen molar-refractivity contribution in [2.24, 2.45) is 0 Å². The fourth-order valence-electron chi connectivity index (χ4n) is 2.40. The molecule has 5 heteroatoms. The minimum atomic E-state index is -0.403. The predicted molar refractivity (Wildman–Crippen MR) is 98.6 cm³/mol. The second-order valence-corrected chi connectivity index (χ2v) is 6.25. The summed E-state index contributed by atoms with van der Waals surface area (Å²) in [6, 6.07) is 0. The van der Waals surface area contributed by atoms with Gasteiger partial charge in [-0.15, -0.1) is 0 Å². The smallest absolute Gasteiger partial charge is 0.305 e. The Labute approximate surface area is 153 Å². The maximum absolute atomic E-state index is 10.9. The number of epoxide rings is 1. The summed E-state index contributed by atoms with van der Waals surface area (Å²) in [5, 5.41) is 9.92. The molecule has 0 aliphatic carbocycles. The van der Waals surface area contributed by atoms with Gasteiger partial charge in [-0.05, 0) is 30.2 Å². The number of unbranched alkanes of at least 4 members (excludes halogenated alkanes) is 4. The van der Waals surface area contributed by atoms with E-state index in [2.05, 4.69) is 31.4 Å². The summed E-state index contributed by atoms with van der Waals surface area (Å²) in [4.78, 5) is 13.6. The molecule has 1 heterocycles. The second-order valence-electron chi connectivity index (χ2n) is 5.85. The monoisotopic (exact) mass is 398 g/mol. The van der Waals surface area contributed by atoms with Gasteiger partial charge in [0.25, 0.3) is 0 Å². The zero-order valence-corrected chi connectivity index (χ0v) is 15.8. The molecule has 0 spiro atoms. The fourth-order valence-corrected chi connectivity index (χ4v) is 2.53. The van der Waals surface area contributed by atoms with Gasteiger partial charge in [-0.25, -0.2) is 0 Å². The normalized spacial score (nSPS) is 20.8. The minimum absolute atomic E-state index is 0.125. The molecule has 0 aromatic heterocycles. The molecular weight excluding hydrogens is 372 g/mol. The van der Waals surface area contributed by atoms with Gasteiger partial charge in [-0.3, -0.25) is 4.79 Å². The lowest BCUT2D eigenvalue weighted by Crippen LogP contribution is -2.02. The number of ether oxygens (including phenoxy) is 2. The van der Waals surface area contributed by atoms with E-state index in [0.717, 1.165) is 44.9 Å². The van der Waals surface area contributed by atoms with Crippen LogP contribution in [0.2, 0.25) is 0 Å². The minimum Gasteiger partial charge on any atom is -0.469 e. The summed E-state index contributed by atoms with van der Waals surface area (Å²) in [5.41, 5.74) is 0. The molecule has 1 aliphatic rings. The first-order chi connectivity index (χ1) is 11.7. The number of aliphatic hydroxyl groups is 1. The third-order valence-electron chi connectivity index (χ3n) is 3.88. The molecule has 0 radical (unpaired) electrons. The highest BCUT2D eigenvalue weighted by Crippen LogP contribution is 2.27. The van der Waals surface area contributed by atoms with Crippen molar-refractivity contribution in [3.8, 4) is 10.8 Å². The molecule has 4 nitrogen and oxygen atoms in total. The van der Waals surface area contributed by atoms with Gasteiger partial charge >= 0.3 is 5.97 Å². The van der Waals surface area contributed by atoms with E-state index in [1.165, 1.54) is 7.11 Å². The average Bonchev–Trinajstić information content (AvgIpc) is 3.34. The first-order valence-electron chi connectivity index (χ1n) is 8.52. The molecule has 0 aromatic rings. The van der Waals surface area contributed by atoms with Crippen LogP contribution in [0, 0.1) is 10.8 Å². The third-order valence-corrected chi connectivity index (χ3v) is 4.11. The van der Waals surface area contributed by atoms with Crippen LogP contribution in [0.25, 0.3) is 0 Å². The van der Waals surface area contributed by atoms with E-state index in [4.69, 9.17) is 4.74 Å². The Morgan fingerprint density at radius 1 is 1.33 bits per heavy atom. The largest absolute Gasteiger partial charge is 0.469 e. The highest BCUT2D eigenvalue weighted by atomic mass is 79.9. The molecule has 3 atom stereocenters. The topological polar surface area (TPSA) is 59.1 Å². The van der Waals surface area contributed by atoms with Crippen LogP contribution in [0.1, 0.15) is 51.4 Å². The Hall–Kier alpha value is -1.09. The predicted octanol–water partition coefficient (Wildman–Crippen LogP) is 3.88. The zero-order chi connectivity index (χ0) is 17.6. The lowest BCUT2D eigenvalue weighted by molar-refractivity contribution is -0.140. The van der Waals surface area contributed by atoms with Gasteiger partial charge in [0, 0.05) is 22.4 Å². The van der Waals surface area contributed by atoms with E-state index in [0.29, 0.717) is 6.42 Å². The lowest BCUT2D eigenvalue weighted by Gasteiger charge is -2.05. The Morgan fingerprint density at radius 2 is 2.08 bits per heavy atom. The number of halogens is 1. The van der Waals surface area contributed by atoms with Crippen molar-refractivity contribution >= 4 is 21.9 Å². The number of carbonyl (C=O) groups excluding carboxylic acids is 1. The van der Waals surface area contributed by atoms with Crippen molar-refractivity contribution in [2.45, 2.75) is 69.7 Å². The molecule has 0 unspecified atom stereocenters. The molecule has 0 saturated carbocycles. The van der Waals surface area contributed by atoms with E-state index in [-0.39, 0.29) is 18.2 Å². The molecule has 0 bridgehead atoms. The summed E-state index contributed by atoms with van der Waals surface area (Å²) in [5.74, 6) is 2.66. The summed E-state index contributed by atoms with van der Waals surface area (Å²) in [7, 11) is 1.42. The van der Waals surface area contributed by atoms with Crippen LogP contribution in [0.3, 0.4) is 0 Å². The van der Waals surface area contributed by atoms with E-state index in [9.17, 15) is 9.90 Å². The Bertz CT molecular complexity index is 475. The highest BCUT2D eigenvalue weighted by Gasteiger charge is 2.34. The number of allylic oxidation sites excluding steroid dienone is 1. The Balaban J connectivity index is 1.97. The van der Waals surface area contributed by atoms with Crippen LogP contribution in [0.4, 0.5) is 0 Å². The number of esters is 1. The highest BCUT2D eigenvalue weighted by molar-refractivity contribution is 9.12. The first kappa shape index (κ1) is 21.0. The SMILES string of the molecule is COC(=O)CCCCCCC[C@@H](O)/C=C/[C@@H]1O[C@H]1C/C=C\C#CBr. The van der Waals surface area contributed by atoms with Crippen molar-refractivity contribution in [2.75, 3.05) is 7.11 Å². The van der Waals surface area contributed by atoms with Crippen molar-refractivity contribution in [1.82, 2.24) is 0 Å². The second kappa shape index (κ2) is 13.2. The number of hydrogen-bond acceptors (Lipinski definition) is 4. The van der Waals surface area contributed by atoms with Crippen LogP contribution >= 0.6 is 15.9 Å². The number of aliphatic hydroxyl groups excluding tert-OH is 1. The lowest BCUT2D eigenvalue weighted by atomic mass is 10.1. The number of methoxy groups -OCH3 is 1. The molecule has 0 aromatic carbocycles. The summed E-state index contributed by atoms with van der Waals surface area (Å²) < 4.78 is 10.1. The molecule has 134 valence electrons. The van der Waals surface area contributed by atoms with Gasteiger partial charge in [0.15, 0.2) is 0 Å². The summed E-state index contributed by atoms with van der Waals surface area (Å²) >= 11 is 3.03. The average molecular weight is 399 g/mol. The molecule has 1 aliphatic heterocycles. The molecule has 1 saturated heterocycles. The molecule has 0 amide bonds. The zero-order valence-electron chi connectivity index (χ0n) is 14.2. The number of carbonyl (C=O) groups is 1. The standard InChI is InChI=1S/C19H27BrO4/c1-23-19(22)12-8-4-2-3-6-10-16(21)13-14-18-17(24-18)11-7-5-9-15-20/h5,7,13-14,16-18,21H,2-4,6,8,10-12H2,1H3/b7-5-,14-13+/t16-,17+,18+/m1/s1. The van der Waals surface area contributed by atoms with Crippen molar-refractivity contribution in [3.05, 3.63) is 24.3 Å². The van der Waals surface area contributed by atoms with Crippen molar-refractivity contribution in [1.29, 1.82) is 0 Å². The molecule has 1 N–H and O–H groups in total. The quantitative estimate of drug-likeness (QED) is 0.178. The first-order valence-corrected chi connectivity index (χ1v) is 9.31. The summed E-state index contributed by atoms with van der Waals surface area (Å²) in [6.07, 6.45) is 14.7. The van der Waals surface area contributed by atoms with Crippen LogP contribution in [-0.4, -0.2) is 36.5 Å². The Kier molecular flexibility index (Phi) is 11.5.